The Kier molecular flexibility index (Phi) is 8.70. The molecule has 0 aromatic heterocycles. The highest BCUT2D eigenvalue weighted by Crippen LogP contribution is 2.19. The molecule has 0 atom stereocenters. The number of halogens is 3. The number of hydrogen-bond donors (Lipinski definition) is 2. The third-order valence-electron chi connectivity index (χ3n) is 3.24. The molecule has 1 aromatic rings. The van der Waals surface area contributed by atoms with Gasteiger partial charge in [0, 0.05) is 18.8 Å². The topological polar surface area (TPSA) is 79.8 Å². The molecule has 10 heteroatoms. The molecule has 0 heterocycles. The van der Waals surface area contributed by atoms with Crippen LogP contribution in [0, 0.1) is 0 Å². The highest BCUT2D eigenvalue weighted by Gasteiger charge is 2.28. The largest absolute Gasteiger partial charge is 0.484 e. The van der Waals surface area contributed by atoms with Crippen molar-refractivity contribution in [3.63, 3.8) is 0 Å². The van der Waals surface area contributed by atoms with Gasteiger partial charge in [-0.15, -0.1) is 0 Å². The second kappa shape index (κ2) is 10.2. The van der Waals surface area contributed by atoms with E-state index in [2.05, 4.69) is 20.4 Å². The lowest BCUT2D eigenvalue weighted by Crippen LogP contribution is -2.39. The Balaban J connectivity index is 2.57. The molecule has 148 valence electrons. The minimum atomic E-state index is -4.37. The molecule has 6 nitrogen and oxygen atoms in total. The zero-order chi connectivity index (χ0) is 19.6. The number of ether oxygens (including phenoxy) is 1. The molecule has 1 rings (SSSR count). The van der Waals surface area contributed by atoms with Crippen LogP contribution < -0.4 is 15.4 Å². The number of hydrogen-bond acceptors (Lipinski definition) is 4. The number of alkyl halides is 3. The average Bonchev–Trinajstić information content (AvgIpc) is 2.58. The van der Waals surface area contributed by atoms with Crippen LogP contribution in [0.1, 0.15) is 19.4 Å². The second-order valence-corrected chi connectivity index (χ2v) is 7.88. The van der Waals surface area contributed by atoms with Gasteiger partial charge in [0.15, 0.2) is 22.4 Å². The summed E-state index contributed by atoms with van der Waals surface area (Å²) in [5, 5.41) is 5.94. The first-order valence-corrected chi connectivity index (χ1v) is 9.98. The predicted octanol–water partition coefficient (Wildman–Crippen LogP) is 2.12. The molecule has 26 heavy (non-hydrogen) atoms. The zero-order valence-electron chi connectivity index (χ0n) is 14.8. The first kappa shape index (κ1) is 22.1. The van der Waals surface area contributed by atoms with Gasteiger partial charge in [0.25, 0.3) is 0 Å². The normalized spacial score (nSPS) is 12.7. The third kappa shape index (κ3) is 9.50. The van der Waals surface area contributed by atoms with E-state index in [0.29, 0.717) is 12.5 Å². The SMILES string of the molecule is CCNC(=NCc1ccc(OCC(F)(F)F)cc1)NCCS(=O)(=O)CC. The van der Waals surface area contributed by atoms with Crippen molar-refractivity contribution in [2.75, 3.05) is 31.2 Å². The van der Waals surface area contributed by atoms with E-state index < -0.39 is 22.6 Å². The summed E-state index contributed by atoms with van der Waals surface area (Å²) in [7, 11) is -3.06. The number of nitrogens with zero attached hydrogens (tertiary/aromatic N) is 1. The zero-order valence-corrected chi connectivity index (χ0v) is 15.6. The monoisotopic (exact) mass is 395 g/mol. The summed E-state index contributed by atoms with van der Waals surface area (Å²) in [4.78, 5) is 4.32. The minimum Gasteiger partial charge on any atom is -0.484 e. The summed E-state index contributed by atoms with van der Waals surface area (Å²) in [5.74, 6) is 0.700. The number of nitrogens with one attached hydrogen (secondary N) is 2. The lowest BCUT2D eigenvalue weighted by atomic mass is 10.2. The highest BCUT2D eigenvalue weighted by molar-refractivity contribution is 7.91. The first-order valence-electron chi connectivity index (χ1n) is 8.16. The molecule has 0 aliphatic carbocycles. The van der Waals surface area contributed by atoms with Gasteiger partial charge in [0.05, 0.1) is 12.3 Å². The van der Waals surface area contributed by atoms with Crippen molar-refractivity contribution in [1.82, 2.24) is 10.6 Å². The molecule has 0 amide bonds. The van der Waals surface area contributed by atoms with Crippen molar-refractivity contribution in [2.24, 2.45) is 4.99 Å². The second-order valence-electron chi connectivity index (χ2n) is 5.41. The summed E-state index contributed by atoms with van der Waals surface area (Å²) in [6.45, 7) is 3.28. The Morgan fingerprint density at radius 2 is 1.81 bits per heavy atom. The van der Waals surface area contributed by atoms with E-state index in [1.165, 1.54) is 12.1 Å². The first-order chi connectivity index (χ1) is 12.1. The van der Waals surface area contributed by atoms with E-state index in [1.807, 2.05) is 6.92 Å². The van der Waals surface area contributed by atoms with E-state index in [4.69, 9.17) is 0 Å². The fourth-order valence-corrected chi connectivity index (χ4v) is 2.54. The van der Waals surface area contributed by atoms with Gasteiger partial charge in [-0.05, 0) is 24.6 Å². The van der Waals surface area contributed by atoms with E-state index in [0.717, 1.165) is 5.56 Å². The Labute approximate surface area is 151 Å². The molecule has 2 N–H and O–H groups in total. The van der Waals surface area contributed by atoms with Crippen molar-refractivity contribution in [2.45, 2.75) is 26.6 Å². The van der Waals surface area contributed by atoms with E-state index in [1.54, 1.807) is 19.1 Å². The number of rotatable bonds is 9. The van der Waals surface area contributed by atoms with Gasteiger partial charge in [0.2, 0.25) is 0 Å². The van der Waals surface area contributed by atoms with E-state index in [9.17, 15) is 21.6 Å². The molecule has 0 fully saturated rings. The van der Waals surface area contributed by atoms with Crippen LogP contribution in [0.5, 0.6) is 5.75 Å². The minimum absolute atomic E-state index is 0.0131. The van der Waals surface area contributed by atoms with E-state index in [-0.39, 0.29) is 30.3 Å². The van der Waals surface area contributed by atoms with Crippen LogP contribution in [0.15, 0.2) is 29.3 Å². The van der Waals surface area contributed by atoms with Gasteiger partial charge >= 0.3 is 6.18 Å². The van der Waals surface area contributed by atoms with Crippen LogP contribution in [0.4, 0.5) is 13.2 Å². The quantitative estimate of drug-likeness (QED) is 0.495. The van der Waals surface area contributed by atoms with Gasteiger partial charge in [-0.2, -0.15) is 13.2 Å². The summed E-state index contributed by atoms with van der Waals surface area (Å²) in [6.07, 6.45) is -4.37. The molecule has 0 bridgehead atoms. The Bertz CT molecular complexity index is 674. The van der Waals surface area contributed by atoms with Gasteiger partial charge in [-0.25, -0.2) is 13.4 Å². The predicted molar refractivity (Wildman–Crippen MR) is 95.1 cm³/mol. The average molecular weight is 395 g/mol. The van der Waals surface area contributed by atoms with Crippen molar-refractivity contribution in [3.8, 4) is 5.75 Å². The molecule has 0 spiro atoms. The number of benzene rings is 1. The molecule has 0 saturated carbocycles. The maximum Gasteiger partial charge on any atom is 0.422 e. The number of aliphatic imine (C=N–C) groups is 1. The van der Waals surface area contributed by atoms with Crippen LogP contribution >= 0.6 is 0 Å². The lowest BCUT2D eigenvalue weighted by Gasteiger charge is -2.11. The maximum absolute atomic E-state index is 12.1. The maximum atomic E-state index is 12.1. The number of sulfone groups is 1. The molecule has 1 aromatic carbocycles. The number of guanidine groups is 1. The Morgan fingerprint density at radius 1 is 1.15 bits per heavy atom. The highest BCUT2D eigenvalue weighted by atomic mass is 32.2. The van der Waals surface area contributed by atoms with Gasteiger partial charge < -0.3 is 15.4 Å². The Morgan fingerprint density at radius 3 is 2.35 bits per heavy atom. The Hall–Kier alpha value is -1.97. The lowest BCUT2D eigenvalue weighted by molar-refractivity contribution is -0.153. The summed E-state index contributed by atoms with van der Waals surface area (Å²) in [5.41, 5.74) is 0.780. The molecule has 0 aliphatic heterocycles. The molecule has 0 radical (unpaired) electrons. The van der Waals surface area contributed by atoms with Crippen LogP contribution in [0.25, 0.3) is 0 Å². The van der Waals surface area contributed by atoms with Gasteiger partial charge in [-0.3, -0.25) is 0 Å². The van der Waals surface area contributed by atoms with Crippen LogP contribution in [-0.2, 0) is 16.4 Å². The fourth-order valence-electron chi connectivity index (χ4n) is 1.84. The van der Waals surface area contributed by atoms with Gasteiger partial charge in [-0.1, -0.05) is 19.1 Å². The fraction of sp³-hybridized carbons (Fsp3) is 0.562. The van der Waals surface area contributed by atoms with Gasteiger partial charge in [0.1, 0.15) is 5.75 Å². The van der Waals surface area contributed by atoms with Crippen LogP contribution in [0.2, 0.25) is 0 Å². The van der Waals surface area contributed by atoms with Crippen molar-refractivity contribution < 1.29 is 26.3 Å². The molecular formula is C16H24F3N3O3S. The van der Waals surface area contributed by atoms with Crippen molar-refractivity contribution in [1.29, 1.82) is 0 Å². The third-order valence-corrected chi connectivity index (χ3v) is 4.94. The summed E-state index contributed by atoms with van der Waals surface area (Å²) in [6, 6.07) is 6.15. The molecule has 0 aliphatic rings. The van der Waals surface area contributed by atoms with Crippen LogP contribution in [0.3, 0.4) is 0 Å². The van der Waals surface area contributed by atoms with Crippen molar-refractivity contribution >= 4 is 15.8 Å². The standard InChI is InChI=1S/C16H24F3N3O3S/c1-3-20-15(21-9-10-26(23,24)4-2)22-11-13-5-7-14(8-6-13)25-12-16(17,18)19/h5-8H,3-4,9-12H2,1-2H3,(H2,20,21,22). The summed E-state index contributed by atoms with van der Waals surface area (Å²) >= 11 is 0. The molecule has 0 unspecified atom stereocenters. The molecular weight excluding hydrogens is 371 g/mol. The van der Waals surface area contributed by atoms with Crippen LogP contribution in [-0.4, -0.2) is 51.8 Å². The van der Waals surface area contributed by atoms with E-state index >= 15 is 0 Å². The van der Waals surface area contributed by atoms with Crippen molar-refractivity contribution in [3.05, 3.63) is 29.8 Å². The summed E-state index contributed by atoms with van der Waals surface area (Å²) < 4.78 is 63.9. The smallest absolute Gasteiger partial charge is 0.422 e. The molecule has 0 saturated heterocycles.